The highest BCUT2D eigenvalue weighted by Gasteiger charge is 2.25. The van der Waals surface area contributed by atoms with Crippen LogP contribution >= 0.6 is 15.9 Å². The van der Waals surface area contributed by atoms with Crippen LogP contribution in [0.3, 0.4) is 0 Å². The lowest BCUT2D eigenvalue weighted by atomic mass is 9.91. The van der Waals surface area contributed by atoms with Crippen LogP contribution in [0, 0.1) is 0 Å². The summed E-state index contributed by atoms with van der Waals surface area (Å²) in [6, 6.07) is 4.24. The molecule has 3 N–H and O–H groups in total. The van der Waals surface area contributed by atoms with Gasteiger partial charge in [-0.1, -0.05) is 0 Å². The van der Waals surface area contributed by atoms with E-state index in [-0.39, 0.29) is 17.8 Å². The highest BCUT2D eigenvalue weighted by Crippen LogP contribution is 2.32. The lowest BCUT2D eigenvalue weighted by molar-refractivity contribution is 0.324. The summed E-state index contributed by atoms with van der Waals surface area (Å²) >= 11 is 3.46. The van der Waals surface area contributed by atoms with Crippen LogP contribution in [0.5, 0.6) is 0 Å². The van der Waals surface area contributed by atoms with Crippen molar-refractivity contribution in [1.82, 2.24) is 19.5 Å². The Morgan fingerprint density at radius 2 is 2.09 bits per heavy atom. The van der Waals surface area contributed by atoms with Gasteiger partial charge in [0, 0.05) is 23.7 Å². The van der Waals surface area contributed by atoms with Gasteiger partial charge in [-0.2, -0.15) is 0 Å². The second-order valence-electron chi connectivity index (χ2n) is 5.87. The number of imidazole rings is 1. The minimum absolute atomic E-state index is 0.118. The van der Waals surface area contributed by atoms with Crippen LogP contribution in [0.2, 0.25) is 0 Å². The number of fused-ring (bicyclic) bond motifs is 3. The molecule has 1 aliphatic rings. The van der Waals surface area contributed by atoms with Crippen LogP contribution in [-0.2, 0) is 0 Å². The molecule has 22 heavy (non-hydrogen) atoms. The Morgan fingerprint density at radius 1 is 1.32 bits per heavy atom. The first-order chi connectivity index (χ1) is 10.6. The molecule has 1 fully saturated rings. The van der Waals surface area contributed by atoms with E-state index < -0.39 is 0 Å². The van der Waals surface area contributed by atoms with Crippen molar-refractivity contribution in [3.05, 3.63) is 33.4 Å². The first-order valence-electron chi connectivity index (χ1n) is 7.45. The van der Waals surface area contributed by atoms with E-state index in [1.165, 1.54) is 0 Å². The van der Waals surface area contributed by atoms with Crippen molar-refractivity contribution in [2.75, 3.05) is 0 Å². The predicted octanol–water partition coefficient (Wildman–Crippen LogP) is 2.48. The monoisotopic (exact) mass is 361 g/mol. The third kappa shape index (κ3) is 2.07. The summed E-state index contributed by atoms with van der Waals surface area (Å²) < 4.78 is 2.53. The molecule has 0 unspecified atom stereocenters. The molecule has 0 saturated heterocycles. The van der Waals surface area contributed by atoms with E-state index in [0.717, 1.165) is 42.1 Å². The fraction of sp³-hybridized carbons (Fsp3) is 0.400. The smallest absolute Gasteiger partial charge is 0.327 e. The zero-order chi connectivity index (χ0) is 15.3. The lowest BCUT2D eigenvalue weighted by Gasteiger charge is -2.27. The van der Waals surface area contributed by atoms with Gasteiger partial charge in [0.15, 0.2) is 5.65 Å². The standard InChI is InChI=1S/C15H16BrN5O/c16-13-10-2-1-7-18-11(10)12-14(19-13)20-15(22)21(12)9-5-3-8(17)4-6-9/h1-2,7-9H,3-6,17H2,(H,19,20,22). The Hall–Kier alpha value is -1.73. The first-order valence-corrected chi connectivity index (χ1v) is 8.24. The van der Waals surface area contributed by atoms with Crippen LogP contribution in [0.25, 0.3) is 22.1 Å². The maximum atomic E-state index is 12.5. The van der Waals surface area contributed by atoms with Crippen molar-refractivity contribution in [1.29, 1.82) is 0 Å². The van der Waals surface area contributed by atoms with Crippen LogP contribution in [0.4, 0.5) is 0 Å². The second-order valence-corrected chi connectivity index (χ2v) is 6.62. The van der Waals surface area contributed by atoms with E-state index in [1.54, 1.807) is 6.20 Å². The summed E-state index contributed by atoms with van der Waals surface area (Å²) in [7, 11) is 0. The van der Waals surface area contributed by atoms with Gasteiger partial charge in [0.1, 0.15) is 15.6 Å². The summed E-state index contributed by atoms with van der Waals surface area (Å²) in [6.07, 6.45) is 5.46. The van der Waals surface area contributed by atoms with Gasteiger partial charge >= 0.3 is 5.69 Å². The number of nitrogens with one attached hydrogen (secondary N) is 1. The molecule has 7 heteroatoms. The fourth-order valence-electron chi connectivity index (χ4n) is 3.37. The molecular formula is C15H16BrN5O. The van der Waals surface area contributed by atoms with Crippen molar-refractivity contribution < 1.29 is 0 Å². The molecule has 3 heterocycles. The van der Waals surface area contributed by atoms with Crippen molar-refractivity contribution >= 4 is 38.0 Å². The number of pyridine rings is 2. The normalized spacial score (nSPS) is 22.5. The minimum atomic E-state index is -0.118. The Kier molecular flexibility index (Phi) is 3.27. The van der Waals surface area contributed by atoms with Gasteiger partial charge < -0.3 is 5.73 Å². The van der Waals surface area contributed by atoms with Gasteiger partial charge in [-0.25, -0.2) is 9.78 Å². The molecule has 0 aliphatic heterocycles. The molecule has 6 nitrogen and oxygen atoms in total. The van der Waals surface area contributed by atoms with Crippen molar-refractivity contribution in [2.24, 2.45) is 5.73 Å². The van der Waals surface area contributed by atoms with Crippen LogP contribution in [0.15, 0.2) is 27.7 Å². The van der Waals surface area contributed by atoms with Gasteiger partial charge in [0.2, 0.25) is 0 Å². The zero-order valence-electron chi connectivity index (χ0n) is 11.9. The average molecular weight is 362 g/mol. The van der Waals surface area contributed by atoms with E-state index >= 15 is 0 Å². The molecule has 1 saturated carbocycles. The molecule has 3 aromatic heterocycles. The molecule has 1 aliphatic carbocycles. The van der Waals surface area contributed by atoms with Crippen molar-refractivity contribution in [2.45, 2.75) is 37.8 Å². The number of rotatable bonds is 1. The molecular weight excluding hydrogens is 346 g/mol. The summed E-state index contributed by atoms with van der Waals surface area (Å²) in [5, 5.41) is 0.912. The third-order valence-electron chi connectivity index (χ3n) is 4.48. The minimum Gasteiger partial charge on any atom is -0.328 e. The Balaban J connectivity index is 2.00. The van der Waals surface area contributed by atoms with E-state index in [0.29, 0.717) is 10.3 Å². The summed E-state index contributed by atoms with van der Waals surface area (Å²) in [4.78, 5) is 24.3. The lowest BCUT2D eigenvalue weighted by Crippen LogP contribution is -2.31. The molecule has 0 spiro atoms. The van der Waals surface area contributed by atoms with Crippen molar-refractivity contribution in [3.63, 3.8) is 0 Å². The number of halogens is 1. The molecule has 0 bridgehead atoms. The highest BCUT2D eigenvalue weighted by molar-refractivity contribution is 9.10. The Labute approximate surface area is 134 Å². The van der Waals surface area contributed by atoms with Crippen LogP contribution in [-0.4, -0.2) is 25.6 Å². The number of aromatic amines is 1. The number of aromatic nitrogens is 4. The van der Waals surface area contributed by atoms with Crippen LogP contribution < -0.4 is 11.4 Å². The number of H-pyrrole nitrogens is 1. The third-order valence-corrected chi connectivity index (χ3v) is 5.08. The molecule has 3 aromatic rings. The van der Waals surface area contributed by atoms with Gasteiger partial charge in [0.05, 0.1) is 0 Å². The highest BCUT2D eigenvalue weighted by atomic mass is 79.9. The molecule has 114 valence electrons. The van der Waals surface area contributed by atoms with E-state index in [4.69, 9.17) is 5.73 Å². The SMILES string of the molecule is NC1CCC(n2c(=O)[nH]c3nc(Br)c4cccnc4c32)CC1. The van der Waals surface area contributed by atoms with Gasteiger partial charge in [-0.15, -0.1) is 0 Å². The largest absolute Gasteiger partial charge is 0.328 e. The number of nitrogens with zero attached hydrogens (tertiary/aromatic N) is 3. The molecule has 0 amide bonds. The maximum absolute atomic E-state index is 12.5. The number of nitrogens with two attached hydrogens (primary N) is 1. The van der Waals surface area contributed by atoms with Gasteiger partial charge in [0.25, 0.3) is 0 Å². The topological polar surface area (TPSA) is 89.6 Å². The molecule has 0 aromatic carbocycles. The molecule has 4 rings (SSSR count). The summed E-state index contributed by atoms with van der Waals surface area (Å²) in [5.41, 5.74) is 8.04. The number of hydrogen-bond donors (Lipinski definition) is 2. The Bertz CT molecular complexity index is 907. The Morgan fingerprint density at radius 3 is 2.86 bits per heavy atom. The number of hydrogen-bond acceptors (Lipinski definition) is 4. The zero-order valence-corrected chi connectivity index (χ0v) is 13.5. The van der Waals surface area contributed by atoms with E-state index in [2.05, 4.69) is 30.9 Å². The van der Waals surface area contributed by atoms with E-state index in [1.807, 2.05) is 16.7 Å². The molecule has 0 radical (unpaired) electrons. The van der Waals surface area contributed by atoms with Gasteiger partial charge in [-0.05, 0) is 53.7 Å². The quantitative estimate of drug-likeness (QED) is 0.651. The predicted molar refractivity (Wildman–Crippen MR) is 88.8 cm³/mol. The summed E-state index contributed by atoms with van der Waals surface area (Å²) in [5.74, 6) is 0. The fourth-order valence-corrected chi connectivity index (χ4v) is 3.87. The summed E-state index contributed by atoms with van der Waals surface area (Å²) in [6.45, 7) is 0. The van der Waals surface area contributed by atoms with Crippen molar-refractivity contribution in [3.8, 4) is 0 Å². The van der Waals surface area contributed by atoms with Gasteiger partial charge in [-0.3, -0.25) is 14.5 Å². The molecule has 0 atom stereocenters. The second kappa shape index (κ2) is 5.17. The average Bonchev–Trinajstić information content (AvgIpc) is 2.84. The van der Waals surface area contributed by atoms with Crippen LogP contribution in [0.1, 0.15) is 31.7 Å². The van der Waals surface area contributed by atoms with E-state index in [9.17, 15) is 4.79 Å². The first kappa shape index (κ1) is 13.9. The maximum Gasteiger partial charge on any atom is 0.327 e.